The van der Waals surface area contributed by atoms with Gasteiger partial charge in [-0.1, -0.05) is 0 Å². The first kappa shape index (κ1) is 12.0. The van der Waals surface area contributed by atoms with Crippen LogP contribution in [0.3, 0.4) is 0 Å². The first-order valence-electron chi connectivity index (χ1n) is 5.75. The third kappa shape index (κ3) is 2.64. The molecule has 0 aliphatic carbocycles. The minimum Gasteiger partial charge on any atom is -0.372 e. The topological polar surface area (TPSA) is 29.5 Å². The summed E-state index contributed by atoms with van der Waals surface area (Å²) in [5.41, 5.74) is 1.18. The van der Waals surface area contributed by atoms with Gasteiger partial charge in [-0.3, -0.25) is 4.79 Å². The van der Waals surface area contributed by atoms with E-state index >= 15 is 0 Å². The molecule has 0 N–H and O–H groups in total. The number of hydrogen-bond acceptors (Lipinski definition) is 3. The molecule has 1 aliphatic rings. The summed E-state index contributed by atoms with van der Waals surface area (Å²) in [5, 5.41) is 0. The van der Waals surface area contributed by atoms with Gasteiger partial charge in [0.1, 0.15) is 5.82 Å². The highest BCUT2D eigenvalue weighted by Gasteiger charge is 2.23. The van der Waals surface area contributed by atoms with Crippen LogP contribution in [0.15, 0.2) is 18.2 Å². The van der Waals surface area contributed by atoms with E-state index in [2.05, 4.69) is 4.90 Å². The quantitative estimate of drug-likeness (QED) is 0.739. The van der Waals surface area contributed by atoms with Gasteiger partial charge in [0.2, 0.25) is 0 Å². The molecular formula is C13H16FNO2. The van der Waals surface area contributed by atoms with Crippen LogP contribution in [0.5, 0.6) is 0 Å². The standard InChI is InChI=1S/C13H16FNO2/c1-9-6-15(7-10(2)17-9)13-4-3-12(14)5-11(13)8-16/h3-5,8-10H,6-7H2,1-2H3. The van der Waals surface area contributed by atoms with Crippen molar-refractivity contribution in [2.24, 2.45) is 0 Å². The second kappa shape index (κ2) is 4.84. The summed E-state index contributed by atoms with van der Waals surface area (Å²) in [7, 11) is 0. The fraction of sp³-hybridized carbons (Fsp3) is 0.462. The minimum absolute atomic E-state index is 0.114. The van der Waals surface area contributed by atoms with Gasteiger partial charge >= 0.3 is 0 Å². The van der Waals surface area contributed by atoms with E-state index in [1.54, 1.807) is 6.07 Å². The molecule has 0 spiro atoms. The van der Waals surface area contributed by atoms with Gasteiger partial charge in [0.25, 0.3) is 0 Å². The number of carbonyl (C=O) groups excluding carboxylic acids is 1. The summed E-state index contributed by atoms with van der Waals surface area (Å²) < 4.78 is 18.7. The summed E-state index contributed by atoms with van der Waals surface area (Å²) in [6.07, 6.45) is 0.926. The Morgan fingerprint density at radius 1 is 1.35 bits per heavy atom. The lowest BCUT2D eigenvalue weighted by molar-refractivity contribution is -0.00525. The second-order valence-corrected chi connectivity index (χ2v) is 4.48. The highest BCUT2D eigenvalue weighted by Crippen LogP contribution is 2.24. The zero-order valence-corrected chi connectivity index (χ0v) is 10.0. The van der Waals surface area contributed by atoms with Gasteiger partial charge in [-0.25, -0.2) is 4.39 Å². The third-order valence-electron chi connectivity index (χ3n) is 2.88. The second-order valence-electron chi connectivity index (χ2n) is 4.48. The molecule has 0 aromatic heterocycles. The number of carbonyl (C=O) groups is 1. The van der Waals surface area contributed by atoms with Gasteiger partial charge in [0.05, 0.1) is 12.2 Å². The molecule has 92 valence electrons. The number of aldehydes is 1. The van der Waals surface area contributed by atoms with Gasteiger partial charge in [0.15, 0.2) is 6.29 Å². The molecule has 2 unspecified atom stereocenters. The Morgan fingerprint density at radius 2 is 2.00 bits per heavy atom. The Bertz CT molecular complexity index is 412. The zero-order chi connectivity index (χ0) is 12.4. The van der Waals surface area contributed by atoms with E-state index in [0.717, 1.165) is 18.8 Å². The van der Waals surface area contributed by atoms with Gasteiger partial charge < -0.3 is 9.64 Å². The van der Waals surface area contributed by atoms with Crippen LogP contribution >= 0.6 is 0 Å². The van der Waals surface area contributed by atoms with Crippen molar-refractivity contribution in [2.75, 3.05) is 18.0 Å². The SMILES string of the molecule is CC1CN(c2ccc(F)cc2C=O)CC(C)O1. The predicted octanol–water partition coefficient (Wildman–Crippen LogP) is 2.25. The molecule has 2 atom stereocenters. The van der Waals surface area contributed by atoms with Crippen LogP contribution in [0.2, 0.25) is 0 Å². The van der Waals surface area contributed by atoms with Crippen molar-refractivity contribution in [3.63, 3.8) is 0 Å². The predicted molar refractivity (Wildman–Crippen MR) is 64.0 cm³/mol. The van der Waals surface area contributed by atoms with E-state index in [9.17, 15) is 9.18 Å². The van der Waals surface area contributed by atoms with Gasteiger partial charge in [-0.2, -0.15) is 0 Å². The lowest BCUT2D eigenvalue weighted by atomic mass is 10.1. The molecule has 0 amide bonds. The maximum Gasteiger partial charge on any atom is 0.152 e. The van der Waals surface area contributed by atoms with E-state index in [4.69, 9.17) is 4.74 Å². The lowest BCUT2D eigenvalue weighted by Gasteiger charge is -2.37. The minimum atomic E-state index is -0.384. The maximum atomic E-state index is 13.1. The number of rotatable bonds is 2. The van der Waals surface area contributed by atoms with Crippen LogP contribution in [0, 0.1) is 5.82 Å². The molecule has 0 saturated carbocycles. The number of ether oxygens (including phenoxy) is 1. The zero-order valence-electron chi connectivity index (χ0n) is 10.0. The summed E-state index contributed by atoms with van der Waals surface area (Å²) in [6, 6.07) is 4.31. The van der Waals surface area contributed by atoms with Crippen LogP contribution in [0.4, 0.5) is 10.1 Å². The Kier molecular flexibility index (Phi) is 3.43. The number of benzene rings is 1. The van der Waals surface area contributed by atoms with Crippen molar-refractivity contribution < 1.29 is 13.9 Å². The fourth-order valence-corrected chi connectivity index (χ4v) is 2.28. The molecule has 1 aromatic carbocycles. The van der Waals surface area contributed by atoms with Crippen molar-refractivity contribution in [2.45, 2.75) is 26.1 Å². The van der Waals surface area contributed by atoms with Crippen molar-refractivity contribution in [1.29, 1.82) is 0 Å². The largest absolute Gasteiger partial charge is 0.372 e. The Morgan fingerprint density at radius 3 is 2.59 bits per heavy atom. The molecule has 1 saturated heterocycles. The first-order chi connectivity index (χ1) is 8.10. The monoisotopic (exact) mass is 237 g/mol. The van der Waals surface area contributed by atoms with Crippen LogP contribution in [-0.4, -0.2) is 31.6 Å². The Labute approximate surface area is 100 Å². The smallest absolute Gasteiger partial charge is 0.152 e. The van der Waals surface area contributed by atoms with Crippen LogP contribution in [-0.2, 0) is 4.74 Å². The van der Waals surface area contributed by atoms with Crippen LogP contribution < -0.4 is 4.90 Å². The molecule has 0 bridgehead atoms. The van der Waals surface area contributed by atoms with Crippen molar-refractivity contribution in [1.82, 2.24) is 0 Å². The number of hydrogen-bond donors (Lipinski definition) is 0. The molecule has 1 heterocycles. The fourth-order valence-electron chi connectivity index (χ4n) is 2.28. The Hall–Kier alpha value is -1.42. The molecule has 17 heavy (non-hydrogen) atoms. The molecule has 1 fully saturated rings. The first-order valence-corrected chi connectivity index (χ1v) is 5.75. The molecule has 0 radical (unpaired) electrons. The third-order valence-corrected chi connectivity index (χ3v) is 2.88. The van der Waals surface area contributed by atoms with E-state index in [0.29, 0.717) is 11.8 Å². The van der Waals surface area contributed by atoms with Crippen molar-refractivity contribution >= 4 is 12.0 Å². The van der Waals surface area contributed by atoms with Gasteiger partial charge in [-0.15, -0.1) is 0 Å². The molecule has 1 aromatic rings. The molecular weight excluding hydrogens is 221 g/mol. The molecule has 3 nitrogen and oxygen atoms in total. The van der Waals surface area contributed by atoms with E-state index < -0.39 is 0 Å². The summed E-state index contributed by atoms with van der Waals surface area (Å²) in [6.45, 7) is 5.42. The summed E-state index contributed by atoms with van der Waals surface area (Å²) >= 11 is 0. The lowest BCUT2D eigenvalue weighted by Crippen LogP contribution is -2.45. The van der Waals surface area contributed by atoms with E-state index in [1.165, 1.54) is 12.1 Å². The highest BCUT2D eigenvalue weighted by molar-refractivity contribution is 5.84. The number of nitrogens with zero attached hydrogens (tertiary/aromatic N) is 1. The summed E-state index contributed by atoms with van der Waals surface area (Å²) in [4.78, 5) is 13.0. The van der Waals surface area contributed by atoms with Crippen LogP contribution in [0.1, 0.15) is 24.2 Å². The highest BCUT2D eigenvalue weighted by atomic mass is 19.1. The van der Waals surface area contributed by atoms with Crippen LogP contribution in [0.25, 0.3) is 0 Å². The number of morpholine rings is 1. The molecule has 1 aliphatic heterocycles. The van der Waals surface area contributed by atoms with Gasteiger partial charge in [-0.05, 0) is 32.0 Å². The van der Waals surface area contributed by atoms with Gasteiger partial charge in [0, 0.05) is 24.3 Å². The maximum absolute atomic E-state index is 13.1. The Balaban J connectivity index is 2.29. The molecule has 4 heteroatoms. The van der Waals surface area contributed by atoms with Crippen molar-refractivity contribution in [3.8, 4) is 0 Å². The molecule has 2 rings (SSSR count). The normalized spacial score (nSPS) is 24.8. The average Bonchev–Trinajstić information content (AvgIpc) is 2.27. The average molecular weight is 237 g/mol. The van der Waals surface area contributed by atoms with E-state index in [-0.39, 0.29) is 18.0 Å². The number of anilines is 1. The number of halogens is 1. The van der Waals surface area contributed by atoms with Crippen molar-refractivity contribution in [3.05, 3.63) is 29.6 Å². The summed E-state index contributed by atoms with van der Waals surface area (Å²) in [5.74, 6) is -0.384. The van der Waals surface area contributed by atoms with E-state index in [1.807, 2.05) is 13.8 Å².